The van der Waals surface area contributed by atoms with Crippen LogP contribution >= 0.6 is 23.2 Å². The standard InChI is InChI=1S/C31H34Cl2N2O2/c1-22-9-8-12-24(17-22)19-30(36)35(21-25-15-16-26(32)20-28(25)33)29(18-23-10-4-2-5-11-23)31(37)34-27-13-6-3-7-14-27/h2,4-5,8-12,15-17,20,27,29H,3,6-7,13-14,18-19,21H2,1H3,(H,34,37)/t29-/m1/s1. The van der Waals surface area contributed by atoms with E-state index in [1.807, 2.05) is 67.6 Å². The Labute approximate surface area is 230 Å². The van der Waals surface area contributed by atoms with Crippen molar-refractivity contribution in [3.8, 4) is 0 Å². The Morgan fingerprint density at radius 2 is 1.65 bits per heavy atom. The van der Waals surface area contributed by atoms with E-state index in [4.69, 9.17) is 23.2 Å². The van der Waals surface area contributed by atoms with Gasteiger partial charge >= 0.3 is 0 Å². The number of hydrogen-bond acceptors (Lipinski definition) is 2. The molecule has 0 unspecified atom stereocenters. The molecular formula is C31H34Cl2N2O2. The fourth-order valence-electron chi connectivity index (χ4n) is 5.03. The molecule has 0 heterocycles. The van der Waals surface area contributed by atoms with Crippen molar-refractivity contribution < 1.29 is 9.59 Å². The number of carbonyl (C=O) groups is 2. The Balaban J connectivity index is 1.68. The minimum atomic E-state index is -0.673. The molecule has 3 aromatic carbocycles. The van der Waals surface area contributed by atoms with Crippen molar-refractivity contribution in [3.05, 3.63) is 105 Å². The maximum absolute atomic E-state index is 13.9. The largest absolute Gasteiger partial charge is 0.352 e. The van der Waals surface area contributed by atoms with Gasteiger partial charge in [0, 0.05) is 29.1 Å². The van der Waals surface area contributed by atoms with Crippen LogP contribution in [0.1, 0.15) is 54.4 Å². The summed E-state index contributed by atoms with van der Waals surface area (Å²) in [5, 5.41) is 4.28. The molecule has 1 aliphatic carbocycles. The van der Waals surface area contributed by atoms with Crippen molar-refractivity contribution >= 4 is 35.0 Å². The molecule has 4 nitrogen and oxygen atoms in total. The van der Waals surface area contributed by atoms with Crippen LogP contribution in [0.4, 0.5) is 0 Å². The topological polar surface area (TPSA) is 49.4 Å². The third-order valence-corrected chi connectivity index (χ3v) is 7.60. The highest BCUT2D eigenvalue weighted by Gasteiger charge is 2.32. The minimum absolute atomic E-state index is 0.113. The smallest absolute Gasteiger partial charge is 0.243 e. The summed E-state index contributed by atoms with van der Waals surface area (Å²) in [6.07, 6.45) is 6.01. The molecule has 3 aromatic rings. The molecule has 0 aromatic heterocycles. The normalized spacial score (nSPS) is 14.7. The first-order chi connectivity index (χ1) is 17.9. The quantitative estimate of drug-likeness (QED) is 0.322. The number of nitrogens with zero attached hydrogens (tertiary/aromatic N) is 1. The molecule has 1 N–H and O–H groups in total. The van der Waals surface area contributed by atoms with Gasteiger partial charge in [-0.15, -0.1) is 0 Å². The zero-order chi connectivity index (χ0) is 26.2. The summed E-state index contributed by atoms with van der Waals surface area (Å²) in [7, 11) is 0. The van der Waals surface area contributed by atoms with Gasteiger partial charge in [-0.2, -0.15) is 0 Å². The number of rotatable bonds is 9. The van der Waals surface area contributed by atoms with Crippen molar-refractivity contribution in [1.82, 2.24) is 10.2 Å². The molecule has 1 fully saturated rings. The van der Waals surface area contributed by atoms with Gasteiger partial charge in [0.1, 0.15) is 6.04 Å². The molecule has 0 bridgehead atoms. The van der Waals surface area contributed by atoms with Gasteiger partial charge in [-0.3, -0.25) is 9.59 Å². The van der Waals surface area contributed by atoms with E-state index in [1.165, 1.54) is 6.42 Å². The Kier molecular flexibility index (Phi) is 9.65. The molecule has 1 aliphatic rings. The molecule has 1 atom stereocenters. The van der Waals surface area contributed by atoms with E-state index >= 15 is 0 Å². The summed E-state index contributed by atoms with van der Waals surface area (Å²) >= 11 is 12.7. The average Bonchev–Trinajstić information content (AvgIpc) is 2.88. The minimum Gasteiger partial charge on any atom is -0.352 e. The first-order valence-corrected chi connectivity index (χ1v) is 13.8. The van der Waals surface area contributed by atoms with Crippen LogP contribution in [0.5, 0.6) is 0 Å². The highest BCUT2D eigenvalue weighted by atomic mass is 35.5. The molecule has 0 aliphatic heterocycles. The second-order valence-electron chi connectivity index (χ2n) is 9.97. The Hall–Kier alpha value is -2.82. The summed E-state index contributed by atoms with van der Waals surface area (Å²) < 4.78 is 0. The number of carbonyl (C=O) groups excluding carboxylic acids is 2. The van der Waals surface area contributed by atoms with E-state index in [9.17, 15) is 9.59 Å². The first-order valence-electron chi connectivity index (χ1n) is 13.0. The van der Waals surface area contributed by atoms with Gasteiger partial charge in [-0.25, -0.2) is 0 Å². The lowest BCUT2D eigenvalue weighted by Crippen LogP contribution is -2.53. The second-order valence-corrected chi connectivity index (χ2v) is 10.8. The Bertz CT molecular complexity index is 1210. The molecule has 0 saturated heterocycles. The number of nitrogens with one attached hydrogen (secondary N) is 1. The van der Waals surface area contributed by atoms with Gasteiger partial charge in [-0.05, 0) is 48.6 Å². The van der Waals surface area contributed by atoms with E-state index < -0.39 is 6.04 Å². The maximum atomic E-state index is 13.9. The van der Waals surface area contributed by atoms with Crippen LogP contribution in [0.3, 0.4) is 0 Å². The lowest BCUT2D eigenvalue weighted by atomic mass is 9.94. The van der Waals surface area contributed by atoms with Crippen LogP contribution in [0, 0.1) is 6.92 Å². The highest BCUT2D eigenvalue weighted by Crippen LogP contribution is 2.25. The van der Waals surface area contributed by atoms with E-state index in [2.05, 4.69) is 5.32 Å². The van der Waals surface area contributed by atoms with Crippen molar-refractivity contribution in [2.45, 2.75) is 70.5 Å². The van der Waals surface area contributed by atoms with Crippen molar-refractivity contribution in [2.24, 2.45) is 0 Å². The third kappa shape index (κ3) is 7.83. The Morgan fingerprint density at radius 3 is 2.35 bits per heavy atom. The molecule has 0 radical (unpaired) electrons. The highest BCUT2D eigenvalue weighted by molar-refractivity contribution is 6.35. The molecule has 6 heteroatoms. The van der Waals surface area contributed by atoms with Crippen molar-refractivity contribution in [3.63, 3.8) is 0 Å². The van der Waals surface area contributed by atoms with Crippen molar-refractivity contribution in [1.29, 1.82) is 0 Å². The molecule has 37 heavy (non-hydrogen) atoms. The summed E-state index contributed by atoms with van der Waals surface area (Å²) in [4.78, 5) is 29.4. The van der Waals surface area contributed by atoms with Crippen molar-refractivity contribution in [2.75, 3.05) is 0 Å². The first kappa shape index (κ1) is 27.2. The van der Waals surface area contributed by atoms with E-state index in [-0.39, 0.29) is 30.8 Å². The zero-order valence-electron chi connectivity index (χ0n) is 21.3. The predicted octanol–water partition coefficient (Wildman–Crippen LogP) is 6.93. The molecule has 1 saturated carbocycles. The maximum Gasteiger partial charge on any atom is 0.243 e. The van der Waals surface area contributed by atoms with Crippen LogP contribution in [-0.4, -0.2) is 28.8 Å². The van der Waals surface area contributed by atoms with Crippen LogP contribution in [0.15, 0.2) is 72.8 Å². The molecule has 194 valence electrons. The fraction of sp³-hybridized carbons (Fsp3) is 0.355. The fourth-order valence-corrected chi connectivity index (χ4v) is 5.50. The van der Waals surface area contributed by atoms with Gasteiger partial charge in [-0.1, -0.05) is 109 Å². The summed E-state index contributed by atoms with van der Waals surface area (Å²) in [6, 6.07) is 22.5. The van der Waals surface area contributed by atoms with Gasteiger partial charge in [0.25, 0.3) is 0 Å². The average molecular weight is 538 g/mol. The third-order valence-electron chi connectivity index (χ3n) is 7.02. The summed E-state index contributed by atoms with van der Waals surface area (Å²) in [6.45, 7) is 2.23. The van der Waals surface area contributed by atoms with Crippen LogP contribution < -0.4 is 5.32 Å². The van der Waals surface area contributed by atoms with Gasteiger partial charge in [0.15, 0.2) is 0 Å². The van der Waals surface area contributed by atoms with Gasteiger partial charge < -0.3 is 10.2 Å². The summed E-state index contributed by atoms with van der Waals surface area (Å²) in [5.41, 5.74) is 3.77. The number of hydrogen-bond donors (Lipinski definition) is 1. The molecular weight excluding hydrogens is 503 g/mol. The SMILES string of the molecule is Cc1cccc(CC(=O)N(Cc2ccc(Cl)cc2Cl)[C@H](Cc2ccccc2)C(=O)NC2CCCCC2)c1. The van der Waals surface area contributed by atoms with E-state index in [0.29, 0.717) is 16.5 Å². The zero-order valence-corrected chi connectivity index (χ0v) is 22.8. The molecule has 0 spiro atoms. The predicted molar refractivity (Wildman–Crippen MR) is 151 cm³/mol. The number of benzene rings is 3. The van der Waals surface area contributed by atoms with E-state index in [1.54, 1.807) is 17.0 Å². The monoisotopic (exact) mass is 536 g/mol. The van der Waals surface area contributed by atoms with Gasteiger partial charge in [0.05, 0.1) is 6.42 Å². The van der Waals surface area contributed by atoms with Crippen LogP contribution in [0.25, 0.3) is 0 Å². The lowest BCUT2D eigenvalue weighted by Gasteiger charge is -2.34. The number of amides is 2. The van der Waals surface area contributed by atoms with Crippen LogP contribution in [-0.2, 0) is 29.0 Å². The summed E-state index contributed by atoms with van der Waals surface area (Å²) in [5.74, 6) is -0.227. The van der Waals surface area contributed by atoms with Gasteiger partial charge in [0.2, 0.25) is 11.8 Å². The lowest BCUT2D eigenvalue weighted by molar-refractivity contribution is -0.141. The molecule has 2 amide bonds. The Morgan fingerprint density at radius 1 is 0.919 bits per heavy atom. The second kappa shape index (κ2) is 13.1. The number of halogens is 2. The molecule has 4 rings (SSSR count). The van der Waals surface area contributed by atoms with Crippen LogP contribution in [0.2, 0.25) is 10.0 Å². The van der Waals surface area contributed by atoms with E-state index in [0.717, 1.165) is 47.9 Å². The number of aryl methyl sites for hydroxylation is 1.